The van der Waals surface area contributed by atoms with E-state index in [0.29, 0.717) is 0 Å². The monoisotopic (exact) mass is 211 g/mol. The van der Waals surface area contributed by atoms with Gasteiger partial charge in [0.15, 0.2) is 0 Å². The molecular formula is HClCuO5S-4. The Kier molecular flexibility index (Phi) is 22.4. The molecule has 8 heavy (non-hydrogen) atoms. The minimum absolute atomic E-state index is 0. The van der Waals surface area contributed by atoms with Gasteiger partial charge in [0.05, 0.1) is 0 Å². The summed E-state index contributed by atoms with van der Waals surface area (Å²) in [6.07, 6.45) is 0. The molecule has 0 aromatic rings. The Balaban J connectivity index is -0.0000000267. The molecule has 0 fully saturated rings. The first kappa shape index (κ1) is 23.4. The van der Waals surface area contributed by atoms with Crippen LogP contribution in [0, 0.1) is 0 Å². The second-order valence-corrected chi connectivity index (χ2v) is 1.22. The fraction of sp³-hybridized carbons (Fsp3) is 0. The minimum Gasteiger partial charge on any atom is -1.00 e. The summed E-state index contributed by atoms with van der Waals surface area (Å²) in [5, 5.41) is 0. The third-order valence-electron chi connectivity index (χ3n) is 0. The molecule has 0 aliphatic carbocycles. The Bertz CT molecular complexity index is 95.6. The van der Waals surface area contributed by atoms with Crippen molar-refractivity contribution in [3.8, 4) is 0 Å². The normalized spacial score (nSPS) is 7.25. The van der Waals surface area contributed by atoms with Crippen molar-refractivity contribution < 1.29 is 52.5 Å². The van der Waals surface area contributed by atoms with Crippen molar-refractivity contribution in [1.29, 1.82) is 0 Å². The van der Waals surface area contributed by atoms with Crippen molar-refractivity contribution in [2.75, 3.05) is 0 Å². The standard InChI is InChI=1S/ClH.Cu.H2O4S.H2O/c;;1-5(2,3)4;/h1H;;(H2,1,2,3,4);1H2/p-4. The van der Waals surface area contributed by atoms with Crippen LogP contribution in [0.2, 0.25) is 0 Å². The predicted molar refractivity (Wildman–Crippen MR) is 12.4 cm³/mol. The summed E-state index contributed by atoms with van der Waals surface area (Å²) in [6.45, 7) is 0. The summed E-state index contributed by atoms with van der Waals surface area (Å²) in [5.74, 6) is 0. The molecule has 1 radical (unpaired) electrons. The van der Waals surface area contributed by atoms with Gasteiger partial charge in [0, 0.05) is 27.5 Å². The zero-order valence-electron chi connectivity index (χ0n) is 3.17. The first-order valence-corrected chi connectivity index (χ1v) is 2.00. The van der Waals surface area contributed by atoms with Gasteiger partial charge in [0.25, 0.3) is 0 Å². The van der Waals surface area contributed by atoms with Gasteiger partial charge in [-0.1, -0.05) is 0 Å². The maximum absolute atomic E-state index is 8.52. The van der Waals surface area contributed by atoms with E-state index in [0.717, 1.165) is 0 Å². The van der Waals surface area contributed by atoms with Crippen LogP contribution in [0.3, 0.4) is 0 Å². The molecule has 0 atom stereocenters. The summed E-state index contributed by atoms with van der Waals surface area (Å²) >= 11 is 0. The SMILES string of the molecule is O=S(=O)([O-])[O-].[Cl-].[Cu].[OH-]. The minimum atomic E-state index is -5.17. The van der Waals surface area contributed by atoms with Crippen molar-refractivity contribution in [2.24, 2.45) is 0 Å². The number of hydrogen-bond acceptors (Lipinski definition) is 5. The van der Waals surface area contributed by atoms with Crippen LogP contribution in [0.1, 0.15) is 0 Å². The largest absolute Gasteiger partial charge is 1.00 e. The average molecular weight is 212 g/mol. The number of hydrogen-bond donors (Lipinski definition) is 0. The number of rotatable bonds is 0. The molecule has 0 aliphatic heterocycles. The zero-order valence-corrected chi connectivity index (χ0v) is 5.68. The Morgan fingerprint density at radius 1 is 1.12 bits per heavy atom. The van der Waals surface area contributed by atoms with Crippen LogP contribution in [0.25, 0.3) is 0 Å². The van der Waals surface area contributed by atoms with Gasteiger partial charge in [0.2, 0.25) is 0 Å². The van der Waals surface area contributed by atoms with E-state index < -0.39 is 10.4 Å². The van der Waals surface area contributed by atoms with Crippen LogP contribution in [0.15, 0.2) is 0 Å². The smallest absolute Gasteiger partial charge is 0.0311 e. The van der Waals surface area contributed by atoms with E-state index in [9.17, 15) is 0 Å². The summed E-state index contributed by atoms with van der Waals surface area (Å²) < 4.78 is 34.1. The Morgan fingerprint density at radius 3 is 1.12 bits per heavy atom. The van der Waals surface area contributed by atoms with E-state index in [1.165, 1.54) is 0 Å². The Morgan fingerprint density at radius 2 is 1.12 bits per heavy atom. The molecule has 0 unspecified atom stereocenters. The summed E-state index contributed by atoms with van der Waals surface area (Å²) in [6, 6.07) is 0. The van der Waals surface area contributed by atoms with Crippen LogP contribution in [0.4, 0.5) is 0 Å². The second kappa shape index (κ2) is 7.64. The molecule has 5 nitrogen and oxygen atoms in total. The molecule has 0 rings (SSSR count). The Labute approximate surface area is 63.2 Å². The third-order valence-corrected chi connectivity index (χ3v) is 0. The van der Waals surface area contributed by atoms with Crippen molar-refractivity contribution in [2.45, 2.75) is 0 Å². The average Bonchev–Trinajstić information content (AvgIpc) is 0.722. The van der Waals surface area contributed by atoms with E-state index in [4.69, 9.17) is 17.5 Å². The summed E-state index contributed by atoms with van der Waals surface area (Å²) in [4.78, 5) is 0. The van der Waals surface area contributed by atoms with E-state index in [1.807, 2.05) is 0 Å². The molecule has 1 N–H and O–H groups in total. The van der Waals surface area contributed by atoms with E-state index in [2.05, 4.69) is 0 Å². The first-order valence-electron chi connectivity index (χ1n) is 0.667. The van der Waals surface area contributed by atoms with Gasteiger partial charge in [-0.3, -0.25) is 8.42 Å². The van der Waals surface area contributed by atoms with Crippen LogP contribution >= 0.6 is 0 Å². The third kappa shape index (κ3) is 516. The maximum atomic E-state index is 8.52. The summed E-state index contributed by atoms with van der Waals surface area (Å²) in [7, 11) is -5.17. The molecule has 0 aliphatic rings. The first-order chi connectivity index (χ1) is 2.00. The van der Waals surface area contributed by atoms with Crippen molar-refractivity contribution in [3.63, 3.8) is 0 Å². The van der Waals surface area contributed by atoms with Gasteiger partial charge in [-0.25, -0.2) is 0 Å². The van der Waals surface area contributed by atoms with Crippen LogP contribution in [-0.4, -0.2) is 23.0 Å². The molecule has 0 spiro atoms. The van der Waals surface area contributed by atoms with Crippen molar-refractivity contribution in [3.05, 3.63) is 0 Å². The summed E-state index contributed by atoms with van der Waals surface area (Å²) in [5.41, 5.74) is 0. The molecule has 0 saturated heterocycles. The molecule has 59 valence electrons. The molecule has 0 bridgehead atoms. The van der Waals surface area contributed by atoms with Crippen LogP contribution in [-0.2, 0) is 27.5 Å². The molecule has 0 saturated carbocycles. The second-order valence-electron chi connectivity index (χ2n) is 0.408. The van der Waals surface area contributed by atoms with Crippen molar-refractivity contribution in [1.82, 2.24) is 0 Å². The molecule has 0 heterocycles. The van der Waals surface area contributed by atoms with E-state index in [1.54, 1.807) is 0 Å². The predicted octanol–water partition coefficient (Wildman–Crippen LogP) is -4.51. The van der Waals surface area contributed by atoms with Gasteiger partial charge in [-0.15, -0.1) is 0 Å². The van der Waals surface area contributed by atoms with Crippen LogP contribution in [0.5, 0.6) is 0 Å². The van der Waals surface area contributed by atoms with Gasteiger partial charge >= 0.3 is 0 Å². The van der Waals surface area contributed by atoms with Gasteiger partial charge < -0.3 is 27.0 Å². The molecule has 0 aromatic carbocycles. The topological polar surface area (TPSA) is 110 Å². The molecule has 0 amide bonds. The van der Waals surface area contributed by atoms with Gasteiger partial charge in [-0.2, -0.15) is 0 Å². The fourth-order valence-electron chi connectivity index (χ4n) is 0. The van der Waals surface area contributed by atoms with E-state index >= 15 is 0 Å². The van der Waals surface area contributed by atoms with Gasteiger partial charge in [-0.05, 0) is 0 Å². The van der Waals surface area contributed by atoms with Gasteiger partial charge in [0.1, 0.15) is 0 Å². The molecule has 8 heteroatoms. The molecule has 0 aromatic heterocycles. The Hall–Kier alpha value is 0.639. The zero-order chi connectivity index (χ0) is 4.50. The number of halogens is 1. The maximum Gasteiger partial charge on any atom is 0.0311 e. The van der Waals surface area contributed by atoms with E-state index in [-0.39, 0.29) is 35.0 Å². The van der Waals surface area contributed by atoms with Crippen molar-refractivity contribution >= 4 is 10.4 Å². The fourth-order valence-corrected chi connectivity index (χ4v) is 0. The van der Waals surface area contributed by atoms with Crippen LogP contribution < -0.4 is 12.4 Å². The molecular weight excluding hydrogens is 211 g/mol. The quantitative estimate of drug-likeness (QED) is 0.228.